The van der Waals surface area contributed by atoms with Crippen LogP contribution in [0.4, 0.5) is 0 Å². The Labute approximate surface area is 119 Å². The predicted octanol–water partition coefficient (Wildman–Crippen LogP) is 2.56. The van der Waals surface area contributed by atoms with Gasteiger partial charge in [-0.1, -0.05) is 0 Å². The largest absolute Gasteiger partial charge is 0.497 e. The van der Waals surface area contributed by atoms with Crippen LogP contribution in [0.2, 0.25) is 0 Å². The van der Waals surface area contributed by atoms with Crippen molar-refractivity contribution in [1.82, 2.24) is 0 Å². The second-order valence-electron chi connectivity index (χ2n) is 4.14. The van der Waals surface area contributed by atoms with E-state index in [0.29, 0.717) is 24.7 Å². The van der Waals surface area contributed by atoms with Crippen LogP contribution in [0.15, 0.2) is 18.2 Å². The zero-order chi connectivity index (χ0) is 15.0. The summed E-state index contributed by atoms with van der Waals surface area (Å²) in [6.07, 6.45) is -0.174. The molecule has 0 aliphatic rings. The van der Waals surface area contributed by atoms with Gasteiger partial charge in [-0.15, -0.1) is 0 Å². The summed E-state index contributed by atoms with van der Waals surface area (Å²) in [6.45, 7) is 6.43. The molecule has 0 aliphatic carbocycles. The SMILES string of the molecule is CCOC(=O)Cc1cc(OC)cc(OC(C)OCC)c1. The smallest absolute Gasteiger partial charge is 0.310 e. The number of methoxy groups -OCH3 is 1. The number of rotatable bonds is 8. The molecule has 112 valence electrons. The number of hydrogen-bond donors (Lipinski definition) is 0. The molecule has 5 nitrogen and oxygen atoms in total. The third-order valence-electron chi connectivity index (χ3n) is 2.53. The van der Waals surface area contributed by atoms with Crippen LogP contribution in [-0.2, 0) is 20.7 Å². The van der Waals surface area contributed by atoms with Gasteiger partial charge in [-0.05, 0) is 38.5 Å². The van der Waals surface area contributed by atoms with Crippen LogP contribution < -0.4 is 9.47 Å². The van der Waals surface area contributed by atoms with E-state index in [4.69, 9.17) is 18.9 Å². The highest BCUT2D eigenvalue weighted by Gasteiger charge is 2.10. The van der Waals surface area contributed by atoms with Crippen molar-refractivity contribution in [3.8, 4) is 11.5 Å². The van der Waals surface area contributed by atoms with Crippen LogP contribution in [-0.4, -0.2) is 32.6 Å². The van der Waals surface area contributed by atoms with E-state index in [-0.39, 0.29) is 18.7 Å². The van der Waals surface area contributed by atoms with Crippen LogP contribution in [0.1, 0.15) is 26.3 Å². The van der Waals surface area contributed by atoms with Gasteiger partial charge in [0.15, 0.2) is 6.29 Å². The minimum Gasteiger partial charge on any atom is -0.497 e. The average Bonchev–Trinajstić information content (AvgIpc) is 2.38. The number of carbonyl (C=O) groups is 1. The van der Waals surface area contributed by atoms with E-state index in [1.54, 1.807) is 32.2 Å². The van der Waals surface area contributed by atoms with Crippen LogP contribution in [0, 0.1) is 0 Å². The lowest BCUT2D eigenvalue weighted by Gasteiger charge is -2.16. The Morgan fingerprint density at radius 1 is 1.15 bits per heavy atom. The van der Waals surface area contributed by atoms with Gasteiger partial charge < -0.3 is 18.9 Å². The maximum absolute atomic E-state index is 11.5. The lowest BCUT2D eigenvalue weighted by atomic mass is 10.1. The molecule has 0 bridgehead atoms. The lowest BCUT2D eigenvalue weighted by Crippen LogP contribution is -2.16. The second kappa shape index (κ2) is 8.43. The highest BCUT2D eigenvalue weighted by Crippen LogP contribution is 2.24. The monoisotopic (exact) mass is 282 g/mol. The van der Waals surface area contributed by atoms with Crippen LogP contribution in [0.5, 0.6) is 11.5 Å². The van der Waals surface area contributed by atoms with Gasteiger partial charge in [0.2, 0.25) is 0 Å². The minimum atomic E-state index is -0.359. The summed E-state index contributed by atoms with van der Waals surface area (Å²) in [5, 5.41) is 0. The Balaban J connectivity index is 2.82. The highest BCUT2D eigenvalue weighted by atomic mass is 16.7. The van der Waals surface area contributed by atoms with Crippen molar-refractivity contribution in [2.24, 2.45) is 0 Å². The fraction of sp³-hybridized carbons (Fsp3) is 0.533. The molecule has 0 aliphatic heterocycles. The molecule has 0 N–H and O–H groups in total. The van der Waals surface area contributed by atoms with Gasteiger partial charge in [0, 0.05) is 12.7 Å². The van der Waals surface area contributed by atoms with E-state index in [0.717, 1.165) is 5.56 Å². The predicted molar refractivity (Wildman–Crippen MR) is 75.0 cm³/mol. The first-order valence-corrected chi connectivity index (χ1v) is 6.70. The Kier molecular flexibility index (Phi) is 6.87. The van der Waals surface area contributed by atoms with Gasteiger partial charge in [-0.2, -0.15) is 0 Å². The lowest BCUT2D eigenvalue weighted by molar-refractivity contribution is -0.142. The van der Waals surface area contributed by atoms with Crippen LogP contribution >= 0.6 is 0 Å². The fourth-order valence-corrected chi connectivity index (χ4v) is 1.76. The topological polar surface area (TPSA) is 54.0 Å². The Morgan fingerprint density at radius 2 is 1.85 bits per heavy atom. The number of esters is 1. The van der Waals surface area contributed by atoms with Gasteiger partial charge in [0.05, 0.1) is 20.1 Å². The quantitative estimate of drug-likeness (QED) is 0.542. The molecule has 1 aromatic carbocycles. The molecule has 0 heterocycles. The van der Waals surface area contributed by atoms with Crippen molar-refractivity contribution in [2.75, 3.05) is 20.3 Å². The van der Waals surface area contributed by atoms with Gasteiger partial charge in [-0.25, -0.2) is 0 Å². The van der Waals surface area contributed by atoms with Crippen molar-refractivity contribution in [3.63, 3.8) is 0 Å². The molecule has 1 unspecified atom stereocenters. The molecule has 5 heteroatoms. The van der Waals surface area contributed by atoms with Gasteiger partial charge in [0.25, 0.3) is 0 Å². The van der Waals surface area contributed by atoms with E-state index in [9.17, 15) is 4.79 Å². The fourth-order valence-electron chi connectivity index (χ4n) is 1.76. The molecule has 0 fully saturated rings. The maximum atomic E-state index is 11.5. The normalized spacial score (nSPS) is 11.8. The molecule has 0 saturated carbocycles. The van der Waals surface area contributed by atoms with Gasteiger partial charge >= 0.3 is 5.97 Å². The van der Waals surface area contributed by atoms with E-state index in [1.165, 1.54) is 0 Å². The Bertz CT molecular complexity index is 430. The Hall–Kier alpha value is -1.75. The summed E-state index contributed by atoms with van der Waals surface area (Å²) in [7, 11) is 1.57. The number of ether oxygens (including phenoxy) is 4. The Morgan fingerprint density at radius 3 is 2.45 bits per heavy atom. The van der Waals surface area contributed by atoms with E-state index in [2.05, 4.69) is 0 Å². The number of carbonyl (C=O) groups excluding carboxylic acids is 1. The maximum Gasteiger partial charge on any atom is 0.310 e. The minimum absolute atomic E-state index is 0.185. The van der Waals surface area contributed by atoms with E-state index in [1.807, 2.05) is 13.8 Å². The summed E-state index contributed by atoms with van der Waals surface area (Å²) in [4.78, 5) is 11.5. The highest BCUT2D eigenvalue weighted by molar-refractivity contribution is 5.73. The summed E-state index contributed by atoms with van der Waals surface area (Å²) in [6, 6.07) is 5.33. The molecule has 20 heavy (non-hydrogen) atoms. The molecular weight excluding hydrogens is 260 g/mol. The molecule has 1 aromatic rings. The summed E-state index contributed by atoms with van der Waals surface area (Å²) in [5.74, 6) is 0.958. The number of hydrogen-bond acceptors (Lipinski definition) is 5. The first-order chi connectivity index (χ1) is 9.58. The van der Waals surface area contributed by atoms with Crippen LogP contribution in [0.25, 0.3) is 0 Å². The van der Waals surface area contributed by atoms with Gasteiger partial charge in [0.1, 0.15) is 11.5 Å². The zero-order valence-corrected chi connectivity index (χ0v) is 12.5. The molecule has 1 atom stereocenters. The van der Waals surface area contributed by atoms with E-state index >= 15 is 0 Å². The molecule has 0 spiro atoms. The van der Waals surface area contributed by atoms with Crippen molar-refractivity contribution >= 4 is 5.97 Å². The van der Waals surface area contributed by atoms with Crippen molar-refractivity contribution < 1.29 is 23.7 Å². The molecule has 0 amide bonds. The molecule has 0 aromatic heterocycles. The number of benzene rings is 1. The summed E-state index contributed by atoms with van der Waals surface area (Å²) >= 11 is 0. The molecule has 0 saturated heterocycles. The average molecular weight is 282 g/mol. The molecule has 1 rings (SSSR count). The second-order valence-corrected chi connectivity index (χ2v) is 4.14. The molecular formula is C15H22O5. The molecule has 0 radical (unpaired) electrons. The third-order valence-corrected chi connectivity index (χ3v) is 2.53. The first kappa shape index (κ1) is 16.3. The first-order valence-electron chi connectivity index (χ1n) is 6.70. The zero-order valence-electron chi connectivity index (χ0n) is 12.5. The standard InChI is InChI=1S/C15H22O5/c1-5-18-11(3)20-14-8-12(7-13(10-14)17-4)9-15(16)19-6-2/h7-8,10-11H,5-6,9H2,1-4H3. The van der Waals surface area contributed by atoms with Crippen molar-refractivity contribution in [3.05, 3.63) is 23.8 Å². The summed E-state index contributed by atoms with van der Waals surface area (Å²) < 4.78 is 21.1. The van der Waals surface area contributed by atoms with Crippen molar-refractivity contribution in [1.29, 1.82) is 0 Å². The third kappa shape index (κ3) is 5.48. The van der Waals surface area contributed by atoms with Gasteiger partial charge in [-0.3, -0.25) is 4.79 Å². The van der Waals surface area contributed by atoms with Crippen LogP contribution in [0.3, 0.4) is 0 Å². The van der Waals surface area contributed by atoms with E-state index < -0.39 is 0 Å². The summed E-state index contributed by atoms with van der Waals surface area (Å²) in [5.41, 5.74) is 0.779. The van der Waals surface area contributed by atoms with Crippen molar-refractivity contribution in [2.45, 2.75) is 33.5 Å².